The first-order chi connectivity index (χ1) is 12.9. The van der Waals surface area contributed by atoms with Crippen molar-refractivity contribution in [3.8, 4) is 0 Å². The SMILES string of the molecule is CCc1ccc([C@@H](C)NC(=O)CN(C)CC(=O)Nc2ccc(C)cc2)cc1. The van der Waals surface area contributed by atoms with E-state index < -0.39 is 0 Å². The maximum atomic E-state index is 12.3. The van der Waals surface area contributed by atoms with Crippen molar-refractivity contribution in [1.29, 1.82) is 0 Å². The van der Waals surface area contributed by atoms with Gasteiger partial charge in [-0.2, -0.15) is 0 Å². The summed E-state index contributed by atoms with van der Waals surface area (Å²) in [6.45, 7) is 6.39. The molecule has 0 aliphatic heterocycles. The summed E-state index contributed by atoms with van der Waals surface area (Å²) in [5, 5.41) is 5.82. The molecule has 0 unspecified atom stereocenters. The number of anilines is 1. The Hall–Kier alpha value is -2.66. The Morgan fingerprint density at radius 2 is 1.56 bits per heavy atom. The Morgan fingerprint density at radius 1 is 0.963 bits per heavy atom. The van der Waals surface area contributed by atoms with Crippen molar-refractivity contribution in [2.75, 3.05) is 25.5 Å². The first kappa shape index (κ1) is 20.6. The zero-order valence-corrected chi connectivity index (χ0v) is 16.6. The average Bonchev–Trinajstić information content (AvgIpc) is 2.63. The normalized spacial score (nSPS) is 11.9. The Kier molecular flexibility index (Phi) is 7.55. The van der Waals surface area contributed by atoms with Crippen LogP contribution in [-0.4, -0.2) is 36.9 Å². The second-order valence-electron chi connectivity index (χ2n) is 6.97. The number of carbonyl (C=O) groups excluding carboxylic acids is 2. The van der Waals surface area contributed by atoms with Crippen LogP contribution in [0.2, 0.25) is 0 Å². The summed E-state index contributed by atoms with van der Waals surface area (Å²) in [5.41, 5.74) is 4.24. The summed E-state index contributed by atoms with van der Waals surface area (Å²) in [5.74, 6) is -0.245. The molecule has 0 aliphatic carbocycles. The van der Waals surface area contributed by atoms with Gasteiger partial charge in [0.1, 0.15) is 0 Å². The van der Waals surface area contributed by atoms with Gasteiger partial charge in [0.15, 0.2) is 0 Å². The molecule has 2 aromatic carbocycles. The number of amides is 2. The lowest BCUT2D eigenvalue weighted by Gasteiger charge is -2.19. The van der Waals surface area contributed by atoms with Gasteiger partial charge in [-0.25, -0.2) is 0 Å². The lowest BCUT2D eigenvalue weighted by Crippen LogP contribution is -2.39. The highest BCUT2D eigenvalue weighted by atomic mass is 16.2. The van der Waals surface area contributed by atoms with Gasteiger partial charge in [0.2, 0.25) is 11.8 Å². The number of aryl methyl sites for hydroxylation is 2. The van der Waals surface area contributed by atoms with E-state index in [-0.39, 0.29) is 30.9 Å². The van der Waals surface area contributed by atoms with E-state index in [9.17, 15) is 9.59 Å². The highest BCUT2D eigenvalue weighted by molar-refractivity contribution is 5.92. The third-order valence-electron chi connectivity index (χ3n) is 4.43. The van der Waals surface area contributed by atoms with E-state index >= 15 is 0 Å². The number of nitrogens with zero attached hydrogens (tertiary/aromatic N) is 1. The van der Waals surface area contributed by atoms with Gasteiger partial charge in [-0.05, 0) is 50.6 Å². The van der Waals surface area contributed by atoms with Gasteiger partial charge in [0, 0.05) is 5.69 Å². The van der Waals surface area contributed by atoms with Crippen molar-refractivity contribution >= 4 is 17.5 Å². The van der Waals surface area contributed by atoms with E-state index in [4.69, 9.17) is 0 Å². The van der Waals surface area contributed by atoms with Crippen LogP contribution in [0.1, 0.15) is 36.6 Å². The number of hydrogen-bond donors (Lipinski definition) is 2. The van der Waals surface area contributed by atoms with Crippen LogP contribution in [0.4, 0.5) is 5.69 Å². The Labute approximate surface area is 161 Å². The largest absolute Gasteiger partial charge is 0.348 e. The molecule has 1 atom stereocenters. The predicted molar refractivity (Wildman–Crippen MR) is 110 cm³/mol. The molecule has 27 heavy (non-hydrogen) atoms. The molecule has 2 amide bonds. The van der Waals surface area contributed by atoms with Crippen LogP contribution in [0, 0.1) is 6.92 Å². The zero-order valence-electron chi connectivity index (χ0n) is 16.6. The van der Waals surface area contributed by atoms with E-state index in [1.54, 1.807) is 11.9 Å². The minimum Gasteiger partial charge on any atom is -0.348 e. The van der Waals surface area contributed by atoms with Crippen LogP contribution in [0.3, 0.4) is 0 Å². The molecule has 0 bridgehead atoms. The lowest BCUT2D eigenvalue weighted by molar-refractivity contribution is -0.123. The average molecular weight is 367 g/mol. The molecule has 0 saturated carbocycles. The Morgan fingerprint density at radius 3 is 2.15 bits per heavy atom. The summed E-state index contributed by atoms with van der Waals surface area (Å²) < 4.78 is 0. The van der Waals surface area contributed by atoms with Crippen molar-refractivity contribution in [3.63, 3.8) is 0 Å². The third kappa shape index (κ3) is 6.87. The maximum absolute atomic E-state index is 12.3. The van der Waals surface area contributed by atoms with Gasteiger partial charge in [0.25, 0.3) is 0 Å². The smallest absolute Gasteiger partial charge is 0.238 e. The van der Waals surface area contributed by atoms with E-state index in [0.29, 0.717) is 0 Å². The fourth-order valence-corrected chi connectivity index (χ4v) is 2.80. The van der Waals surface area contributed by atoms with Gasteiger partial charge in [-0.15, -0.1) is 0 Å². The first-order valence-electron chi connectivity index (χ1n) is 9.30. The second kappa shape index (κ2) is 9.88. The fourth-order valence-electron chi connectivity index (χ4n) is 2.80. The molecule has 0 heterocycles. The molecular weight excluding hydrogens is 338 g/mol. The molecule has 5 heteroatoms. The van der Waals surface area contributed by atoms with Crippen molar-refractivity contribution in [1.82, 2.24) is 10.2 Å². The maximum Gasteiger partial charge on any atom is 0.238 e. The van der Waals surface area contributed by atoms with E-state index in [2.05, 4.69) is 29.7 Å². The summed E-state index contributed by atoms with van der Waals surface area (Å²) in [6, 6.07) is 15.8. The number of carbonyl (C=O) groups is 2. The molecule has 0 spiro atoms. The van der Waals surface area contributed by atoms with E-state index in [1.807, 2.05) is 50.2 Å². The van der Waals surface area contributed by atoms with Crippen LogP contribution in [0.15, 0.2) is 48.5 Å². The number of likely N-dealkylation sites (N-methyl/N-ethyl adjacent to an activating group) is 1. The zero-order chi connectivity index (χ0) is 19.8. The molecule has 0 aliphatic rings. The van der Waals surface area contributed by atoms with Gasteiger partial charge in [-0.1, -0.05) is 48.9 Å². The predicted octanol–water partition coefficient (Wildman–Crippen LogP) is 3.31. The van der Waals surface area contributed by atoms with Gasteiger partial charge >= 0.3 is 0 Å². The molecule has 0 fully saturated rings. The summed E-state index contributed by atoms with van der Waals surface area (Å²) >= 11 is 0. The monoisotopic (exact) mass is 367 g/mol. The standard InChI is InChI=1S/C22H29N3O2/c1-5-18-8-10-19(11-9-18)17(3)23-21(26)14-25(4)15-22(27)24-20-12-6-16(2)7-13-20/h6-13,17H,5,14-15H2,1-4H3,(H,23,26)(H,24,27)/t17-/m1/s1. The topological polar surface area (TPSA) is 61.4 Å². The van der Waals surface area contributed by atoms with Crippen molar-refractivity contribution < 1.29 is 9.59 Å². The van der Waals surface area contributed by atoms with Crippen LogP contribution in [-0.2, 0) is 16.0 Å². The molecule has 0 saturated heterocycles. The Balaban J connectivity index is 1.78. The summed E-state index contributed by atoms with van der Waals surface area (Å²) in [4.78, 5) is 26.1. The molecule has 2 rings (SSSR count). The highest BCUT2D eigenvalue weighted by Gasteiger charge is 2.14. The highest BCUT2D eigenvalue weighted by Crippen LogP contribution is 2.13. The van der Waals surface area contributed by atoms with Crippen LogP contribution in [0.25, 0.3) is 0 Å². The van der Waals surface area contributed by atoms with E-state index in [1.165, 1.54) is 5.56 Å². The molecule has 0 aromatic heterocycles. The van der Waals surface area contributed by atoms with Crippen LogP contribution >= 0.6 is 0 Å². The molecule has 0 radical (unpaired) electrons. The quantitative estimate of drug-likeness (QED) is 0.752. The summed E-state index contributed by atoms with van der Waals surface area (Å²) in [6.07, 6.45) is 0.996. The van der Waals surface area contributed by atoms with Crippen LogP contribution in [0.5, 0.6) is 0 Å². The third-order valence-corrected chi connectivity index (χ3v) is 4.43. The number of nitrogens with one attached hydrogen (secondary N) is 2. The van der Waals surface area contributed by atoms with Gasteiger partial charge in [-0.3, -0.25) is 14.5 Å². The fraction of sp³-hybridized carbons (Fsp3) is 0.364. The molecular formula is C22H29N3O2. The molecule has 144 valence electrons. The lowest BCUT2D eigenvalue weighted by atomic mass is 10.1. The van der Waals surface area contributed by atoms with E-state index in [0.717, 1.165) is 23.2 Å². The summed E-state index contributed by atoms with van der Waals surface area (Å²) in [7, 11) is 1.76. The molecule has 2 N–H and O–H groups in total. The molecule has 5 nitrogen and oxygen atoms in total. The van der Waals surface area contributed by atoms with Crippen molar-refractivity contribution in [2.45, 2.75) is 33.2 Å². The number of benzene rings is 2. The van der Waals surface area contributed by atoms with Gasteiger partial charge in [0.05, 0.1) is 19.1 Å². The first-order valence-corrected chi connectivity index (χ1v) is 9.30. The minimum absolute atomic E-state index is 0.0711. The van der Waals surface area contributed by atoms with Crippen molar-refractivity contribution in [2.24, 2.45) is 0 Å². The second-order valence-corrected chi connectivity index (χ2v) is 6.97. The van der Waals surface area contributed by atoms with Crippen molar-refractivity contribution in [3.05, 3.63) is 65.2 Å². The van der Waals surface area contributed by atoms with Gasteiger partial charge < -0.3 is 10.6 Å². The number of rotatable bonds is 8. The Bertz CT molecular complexity index is 754. The number of hydrogen-bond acceptors (Lipinski definition) is 3. The minimum atomic E-state index is -0.141. The molecule has 2 aromatic rings. The van der Waals surface area contributed by atoms with Crippen LogP contribution < -0.4 is 10.6 Å².